The van der Waals surface area contributed by atoms with Gasteiger partial charge >= 0.3 is 0 Å². The molecule has 0 radical (unpaired) electrons. The number of carbonyl (C=O) groups is 1. The zero-order valence-electron chi connectivity index (χ0n) is 17.3. The van der Waals surface area contributed by atoms with Gasteiger partial charge in [-0.05, 0) is 24.6 Å². The summed E-state index contributed by atoms with van der Waals surface area (Å²) in [6.45, 7) is 2.50. The largest absolute Gasteiger partial charge is 0.397 e. The summed E-state index contributed by atoms with van der Waals surface area (Å²) in [5, 5.41) is 18.4. The van der Waals surface area contributed by atoms with Crippen LogP contribution in [0.15, 0.2) is 24.4 Å². The Balaban J connectivity index is 1.39. The first-order chi connectivity index (χ1) is 14.9. The summed E-state index contributed by atoms with van der Waals surface area (Å²) < 4.78 is 8.96. The molecular formula is C19H22ClN9O2. The zero-order chi connectivity index (χ0) is 22.1. The SMILES string of the molecule is CNc1cc(Cl)nc2c(C(=O)N[C@H](C)COCc3cc(N)c4nnn(C)c4c3)cnn12. The van der Waals surface area contributed by atoms with E-state index in [0.29, 0.717) is 41.4 Å². The average molecular weight is 444 g/mol. The van der Waals surface area contributed by atoms with Crippen molar-refractivity contribution < 1.29 is 9.53 Å². The predicted octanol–water partition coefficient (Wildman–Crippen LogP) is 1.62. The fourth-order valence-corrected chi connectivity index (χ4v) is 3.45. The van der Waals surface area contributed by atoms with Crippen molar-refractivity contribution in [3.8, 4) is 0 Å². The molecule has 0 fully saturated rings. The molecule has 0 spiro atoms. The van der Waals surface area contributed by atoms with Crippen LogP contribution in [0.2, 0.25) is 5.15 Å². The Kier molecular flexibility index (Phi) is 5.61. The third kappa shape index (κ3) is 4.09. The first-order valence-electron chi connectivity index (χ1n) is 9.55. The summed E-state index contributed by atoms with van der Waals surface area (Å²) in [7, 11) is 3.54. The molecule has 3 heterocycles. The molecule has 31 heavy (non-hydrogen) atoms. The van der Waals surface area contributed by atoms with Crippen molar-refractivity contribution in [2.24, 2.45) is 7.05 Å². The van der Waals surface area contributed by atoms with E-state index in [1.54, 1.807) is 24.8 Å². The lowest BCUT2D eigenvalue weighted by Gasteiger charge is -2.14. The van der Waals surface area contributed by atoms with Gasteiger partial charge in [-0.1, -0.05) is 16.8 Å². The summed E-state index contributed by atoms with van der Waals surface area (Å²) in [5.74, 6) is 0.319. The molecular weight excluding hydrogens is 422 g/mol. The van der Waals surface area contributed by atoms with Crippen molar-refractivity contribution in [1.82, 2.24) is 34.9 Å². The number of rotatable bonds is 7. The van der Waals surface area contributed by atoms with E-state index in [-0.39, 0.29) is 17.1 Å². The topological polar surface area (TPSA) is 137 Å². The van der Waals surface area contributed by atoms with Gasteiger partial charge in [-0.3, -0.25) is 4.79 Å². The molecule has 0 aliphatic heterocycles. The van der Waals surface area contributed by atoms with E-state index in [2.05, 4.69) is 31.0 Å². The Morgan fingerprint density at radius 3 is 2.94 bits per heavy atom. The van der Waals surface area contributed by atoms with Crippen LogP contribution >= 0.6 is 11.6 Å². The number of aryl methyl sites for hydroxylation is 1. The summed E-state index contributed by atoms with van der Waals surface area (Å²) in [4.78, 5) is 16.9. The molecule has 4 rings (SSSR count). The first-order valence-corrected chi connectivity index (χ1v) is 9.93. The van der Waals surface area contributed by atoms with Gasteiger partial charge < -0.3 is 21.1 Å². The van der Waals surface area contributed by atoms with Crippen LogP contribution in [0.25, 0.3) is 16.7 Å². The second-order valence-corrected chi connectivity index (χ2v) is 7.55. The molecule has 0 saturated carbocycles. The number of nitrogens with two attached hydrogens (primary N) is 1. The number of halogens is 1. The number of anilines is 2. The van der Waals surface area contributed by atoms with Crippen molar-refractivity contribution in [1.29, 1.82) is 0 Å². The van der Waals surface area contributed by atoms with Crippen LogP contribution in [0.5, 0.6) is 0 Å². The van der Waals surface area contributed by atoms with Gasteiger partial charge in [0.05, 0.1) is 30.6 Å². The van der Waals surface area contributed by atoms with Crippen LogP contribution in [0, 0.1) is 0 Å². The third-order valence-electron chi connectivity index (χ3n) is 4.76. The molecule has 0 bridgehead atoms. The predicted molar refractivity (Wildman–Crippen MR) is 117 cm³/mol. The van der Waals surface area contributed by atoms with Crippen molar-refractivity contribution in [2.45, 2.75) is 19.6 Å². The monoisotopic (exact) mass is 443 g/mol. The highest BCUT2D eigenvalue weighted by molar-refractivity contribution is 6.29. The van der Waals surface area contributed by atoms with Crippen LogP contribution in [0.3, 0.4) is 0 Å². The number of hydrogen-bond acceptors (Lipinski definition) is 8. The number of ether oxygens (including phenoxy) is 1. The summed E-state index contributed by atoms with van der Waals surface area (Å²) in [6.07, 6.45) is 1.46. The molecule has 1 amide bonds. The molecule has 1 atom stereocenters. The summed E-state index contributed by atoms with van der Waals surface area (Å²) in [5.41, 5.74) is 9.68. The highest BCUT2D eigenvalue weighted by atomic mass is 35.5. The van der Waals surface area contributed by atoms with Crippen LogP contribution in [-0.2, 0) is 18.4 Å². The molecule has 0 saturated heterocycles. The number of amides is 1. The number of nitrogens with one attached hydrogen (secondary N) is 2. The molecule has 162 valence electrons. The van der Waals surface area contributed by atoms with Crippen molar-refractivity contribution in [3.63, 3.8) is 0 Å². The minimum absolute atomic E-state index is 0.246. The van der Waals surface area contributed by atoms with Gasteiger partial charge in [0.25, 0.3) is 5.91 Å². The van der Waals surface area contributed by atoms with E-state index >= 15 is 0 Å². The maximum absolute atomic E-state index is 12.7. The molecule has 4 aromatic rings. The van der Waals surface area contributed by atoms with E-state index in [1.165, 1.54) is 10.7 Å². The highest BCUT2D eigenvalue weighted by Gasteiger charge is 2.18. The van der Waals surface area contributed by atoms with E-state index in [0.717, 1.165) is 11.1 Å². The van der Waals surface area contributed by atoms with Crippen LogP contribution in [0.1, 0.15) is 22.8 Å². The number of hydrogen-bond donors (Lipinski definition) is 3. The highest BCUT2D eigenvalue weighted by Crippen LogP contribution is 2.21. The zero-order valence-corrected chi connectivity index (χ0v) is 18.0. The molecule has 1 aromatic carbocycles. The Morgan fingerprint density at radius 2 is 2.16 bits per heavy atom. The van der Waals surface area contributed by atoms with E-state index in [9.17, 15) is 4.79 Å². The minimum atomic E-state index is -0.311. The Bertz CT molecular complexity index is 1270. The number of aromatic nitrogens is 6. The van der Waals surface area contributed by atoms with E-state index in [1.807, 2.05) is 19.1 Å². The molecule has 0 aliphatic rings. The number of benzene rings is 1. The lowest BCUT2D eigenvalue weighted by atomic mass is 10.2. The molecule has 0 aliphatic carbocycles. The van der Waals surface area contributed by atoms with Gasteiger partial charge in [0.15, 0.2) is 5.65 Å². The van der Waals surface area contributed by atoms with Crippen molar-refractivity contribution in [3.05, 3.63) is 40.7 Å². The quantitative estimate of drug-likeness (QED) is 0.289. The summed E-state index contributed by atoms with van der Waals surface area (Å²) >= 11 is 6.06. The van der Waals surface area contributed by atoms with Crippen LogP contribution in [-0.4, -0.2) is 55.2 Å². The summed E-state index contributed by atoms with van der Waals surface area (Å²) in [6, 6.07) is 5.13. The third-order valence-corrected chi connectivity index (χ3v) is 4.96. The van der Waals surface area contributed by atoms with E-state index < -0.39 is 0 Å². The second-order valence-electron chi connectivity index (χ2n) is 7.16. The van der Waals surface area contributed by atoms with Crippen LogP contribution in [0.4, 0.5) is 11.5 Å². The molecule has 12 heteroatoms. The number of fused-ring (bicyclic) bond motifs is 2. The van der Waals surface area contributed by atoms with Gasteiger partial charge in [-0.25, -0.2) is 9.67 Å². The molecule has 0 unspecified atom stereocenters. The van der Waals surface area contributed by atoms with Crippen molar-refractivity contribution in [2.75, 3.05) is 24.7 Å². The Hall–Kier alpha value is -3.44. The minimum Gasteiger partial charge on any atom is -0.397 e. The number of carbonyl (C=O) groups excluding carboxylic acids is 1. The maximum Gasteiger partial charge on any atom is 0.257 e. The molecule has 4 N–H and O–H groups in total. The van der Waals surface area contributed by atoms with Gasteiger partial charge in [0.2, 0.25) is 0 Å². The van der Waals surface area contributed by atoms with Crippen LogP contribution < -0.4 is 16.4 Å². The Labute approximate surface area is 182 Å². The normalized spacial score (nSPS) is 12.4. The fraction of sp³-hybridized carbons (Fsp3) is 0.316. The smallest absolute Gasteiger partial charge is 0.257 e. The van der Waals surface area contributed by atoms with E-state index in [4.69, 9.17) is 22.1 Å². The average Bonchev–Trinajstić information content (AvgIpc) is 3.31. The molecule has 11 nitrogen and oxygen atoms in total. The fourth-order valence-electron chi connectivity index (χ4n) is 3.27. The second kappa shape index (κ2) is 8.36. The molecule has 3 aromatic heterocycles. The standard InChI is InChI=1S/C19H22ClN9O2/c1-10(8-31-9-11-4-13(21)17-14(5-11)28(3)27-26-17)24-19(30)12-7-23-29-16(22-2)6-15(20)25-18(12)29/h4-7,10,22H,8-9,21H2,1-3H3,(H,24,30)/t10-/m1/s1. The van der Waals surface area contributed by atoms with Gasteiger partial charge in [0, 0.05) is 26.2 Å². The lowest BCUT2D eigenvalue weighted by Crippen LogP contribution is -2.35. The maximum atomic E-state index is 12.7. The van der Waals surface area contributed by atoms with Gasteiger partial charge in [-0.15, -0.1) is 5.10 Å². The van der Waals surface area contributed by atoms with Gasteiger partial charge in [0.1, 0.15) is 22.1 Å². The Morgan fingerprint density at radius 1 is 1.35 bits per heavy atom. The lowest BCUT2D eigenvalue weighted by molar-refractivity contribution is 0.0822. The van der Waals surface area contributed by atoms with Crippen molar-refractivity contribution >= 4 is 45.7 Å². The number of nitrogen functional groups attached to an aromatic ring is 1. The van der Waals surface area contributed by atoms with Gasteiger partial charge in [-0.2, -0.15) is 9.61 Å². The first kappa shape index (κ1) is 20.8. The number of nitrogens with zero attached hydrogens (tertiary/aromatic N) is 6.